The second kappa shape index (κ2) is 12.8. The van der Waals surface area contributed by atoms with Crippen LogP contribution in [0.3, 0.4) is 0 Å². The molecule has 0 bridgehead atoms. The molecule has 0 spiro atoms. The van der Waals surface area contributed by atoms with Gasteiger partial charge < -0.3 is 15.5 Å². The van der Waals surface area contributed by atoms with Crippen molar-refractivity contribution in [2.45, 2.75) is 52.9 Å². The Morgan fingerprint density at radius 1 is 1.11 bits per heavy atom. The molecular weight excluding hydrogens is 374 g/mol. The predicted octanol–water partition coefficient (Wildman–Crippen LogP) is 4.33. The second-order valence-corrected chi connectivity index (χ2v) is 7.69. The van der Waals surface area contributed by atoms with Gasteiger partial charge in [0.2, 0.25) is 5.91 Å². The lowest BCUT2D eigenvalue weighted by molar-refractivity contribution is -0.117. The van der Waals surface area contributed by atoms with Gasteiger partial charge in [0, 0.05) is 30.8 Å². The van der Waals surface area contributed by atoms with Crippen molar-refractivity contribution in [3.8, 4) is 0 Å². The van der Waals surface area contributed by atoms with Gasteiger partial charge in [0.1, 0.15) is 0 Å². The number of rotatable bonds is 9. The molecule has 1 aliphatic heterocycles. The molecule has 2 rings (SSSR count). The Morgan fingerprint density at radius 2 is 1.68 bits per heavy atom. The van der Waals surface area contributed by atoms with E-state index in [1.54, 1.807) is 0 Å². The van der Waals surface area contributed by atoms with Crippen LogP contribution in [-0.2, 0) is 4.79 Å². The summed E-state index contributed by atoms with van der Waals surface area (Å²) in [5.74, 6) is 1.14. The van der Waals surface area contributed by atoms with Crippen molar-refractivity contribution in [1.82, 2.24) is 10.2 Å². The molecule has 1 saturated heterocycles. The van der Waals surface area contributed by atoms with E-state index in [9.17, 15) is 9.59 Å². The van der Waals surface area contributed by atoms with E-state index in [1.807, 2.05) is 29.2 Å². The minimum atomic E-state index is 0. The highest BCUT2D eigenvalue weighted by atomic mass is 35.5. The fourth-order valence-electron chi connectivity index (χ4n) is 3.82. The predicted molar refractivity (Wildman–Crippen MR) is 118 cm³/mol. The van der Waals surface area contributed by atoms with Gasteiger partial charge >= 0.3 is 0 Å². The molecule has 0 aromatic heterocycles. The summed E-state index contributed by atoms with van der Waals surface area (Å²) in [6, 6.07) is 7.28. The Kier molecular flexibility index (Phi) is 11.2. The fraction of sp³-hybridized carbons (Fsp3) is 0.636. The first kappa shape index (κ1) is 24.4. The van der Waals surface area contributed by atoms with Crippen molar-refractivity contribution in [2.75, 3.05) is 31.5 Å². The molecule has 28 heavy (non-hydrogen) atoms. The number of carbonyl (C=O) groups is 2. The maximum Gasteiger partial charge on any atom is 0.253 e. The molecule has 158 valence electrons. The molecule has 0 saturated carbocycles. The van der Waals surface area contributed by atoms with Crippen LogP contribution in [0.25, 0.3) is 0 Å². The first-order valence-electron chi connectivity index (χ1n) is 10.4. The summed E-state index contributed by atoms with van der Waals surface area (Å²) >= 11 is 0. The van der Waals surface area contributed by atoms with Crippen LogP contribution < -0.4 is 10.6 Å². The molecule has 1 unspecified atom stereocenters. The SMILES string of the molecule is CCCN(CCC)C(=O)c1ccc(NC(=O)CC(C)C2CCNCC2)cc1.Cl. The number of amides is 2. The van der Waals surface area contributed by atoms with E-state index in [0.717, 1.165) is 57.5 Å². The smallest absolute Gasteiger partial charge is 0.253 e. The summed E-state index contributed by atoms with van der Waals surface area (Å²) in [5.41, 5.74) is 1.43. The third-order valence-electron chi connectivity index (χ3n) is 5.39. The van der Waals surface area contributed by atoms with E-state index in [4.69, 9.17) is 0 Å². The zero-order valence-electron chi connectivity index (χ0n) is 17.5. The number of nitrogens with one attached hydrogen (secondary N) is 2. The Balaban J connectivity index is 0.00000392. The molecule has 1 aromatic carbocycles. The summed E-state index contributed by atoms with van der Waals surface area (Å²) in [4.78, 5) is 26.9. The van der Waals surface area contributed by atoms with Crippen molar-refractivity contribution in [3.05, 3.63) is 29.8 Å². The van der Waals surface area contributed by atoms with Gasteiger partial charge in [-0.15, -0.1) is 12.4 Å². The van der Waals surface area contributed by atoms with Crippen molar-refractivity contribution in [1.29, 1.82) is 0 Å². The Bertz CT molecular complexity index is 594. The van der Waals surface area contributed by atoms with Crippen LogP contribution in [0.5, 0.6) is 0 Å². The molecule has 2 N–H and O–H groups in total. The molecule has 1 aliphatic rings. The standard InChI is InChI=1S/C22H35N3O2.ClH/c1-4-14-25(15-5-2)22(27)19-6-8-20(9-7-19)24-21(26)16-17(3)18-10-12-23-13-11-18;/h6-9,17-18,23H,4-5,10-16H2,1-3H3,(H,24,26);1H. The van der Waals surface area contributed by atoms with Crippen molar-refractivity contribution in [2.24, 2.45) is 11.8 Å². The van der Waals surface area contributed by atoms with Gasteiger partial charge in [-0.2, -0.15) is 0 Å². The third kappa shape index (κ3) is 7.44. The van der Waals surface area contributed by atoms with Crippen LogP contribution in [-0.4, -0.2) is 42.9 Å². The Labute approximate surface area is 176 Å². The number of halogens is 1. The Hall–Kier alpha value is -1.59. The average molecular weight is 410 g/mol. The molecule has 0 aliphatic carbocycles. The third-order valence-corrected chi connectivity index (χ3v) is 5.39. The number of piperidine rings is 1. The number of carbonyl (C=O) groups excluding carboxylic acids is 2. The largest absolute Gasteiger partial charge is 0.339 e. The number of nitrogens with zero attached hydrogens (tertiary/aromatic N) is 1. The molecule has 1 fully saturated rings. The zero-order valence-corrected chi connectivity index (χ0v) is 18.3. The van der Waals surface area contributed by atoms with Gasteiger partial charge in [-0.1, -0.05) is 20.8 Å². The molecule has 0 radical (unpaired) electrons. The Morgan fingerprint density at radius 3 is 2.21 bits per heavy atom. The lowest BCUT2D eigenvalue weighted by Gasteiger charge is -2.27. The lowest BCUT2D eigenvalue weighted by atomic mass is 9.84. The highest BCUT2D eigenvalue weighted by Gasteiger charge is 2.22. The summed E-state index contributed by atoms with van der Waals surface area (Å²) < 4.78 is 0. The molecular formula is C22H36ClN3O2. The van der Waals surface area contributed by atoms with Gasteiger partial charge in [-0.3, -0.25) is 9.59 Å². The normalized spacial score (nSPS) is 15.4. The highest BCUT2D eigenvalue weighted by Crippen LogP contribution is 2.24. The molecule has 1 aromatic rings. The quantitative estimate of drug-likeness (QED) is 0.637. The van der Waals surface area contributed by atoms with E-state index in [0.29, 0.717) is 23.8 Å². The van der Waals surface area contributed by atoms with E-state index < -0.39 is 0 Å². The fourth-order valence-corrected chi connectivity index (χ4v) is 3.82. The van der Waals surface area contributed by atoms with Crippen LogP contribution in [0.2, 0.25) is 0 Å². The number of benzene rings is 1. The maximum absolute atomic E-state index is 12.6. The van der Waals surface area contributed by atoms with Crippen LogP contribution in [0, 0.1) is 11.8 Å². The van der Waals surface area contributed by atoms with E-state index >= 15 is 0 Å². The van der Waals surface area contributed by atoms with Crippen molar-refractivity contribution >= 4 is 29.9 Å². The minimum Gasteiger partial charge on any atom is -0.339 e. The van der Waals surface area contributed by atoms with Crippen LogP contribution in [0.15, 0.2) is 24.3 Å². The average Bonchev–Trinajstić information content (AvgIpc) is 2.68. The number of hydrogen-bond donors (Lipinski definition) is 2. The van der Waals surface area contributed by atoms with Crippen molar-refractivity contribution < 1.29 is 9.59 Å². The van der Waals surface area contributed by atoms with E-state index in [-0.39, 0.29) is 24.2 Å². The van der Waals surface area contributed by atoms with Crippen LogP contribution in [0.4, 0.5) is 5.69 Å². The first-order valence-corrected chi connectivity index (χ1v) is 10.4. The molecule has 5 nitrogen and oxygen atoms in total. The van der Waals surface area contributed by atoms with E-state index in [2.05, 4.69) is 31.4 Å². The summed E-state index contributed by atoms with van der Waals surface area (Å²) in [7, 11) is 0. The molecule has 1 atom stereocenters. The number of hydrogen-bond acceptors (Lipinski definition) is 3. The van der Waals surface area contributed by atoms with Gasteiger partial charge in [0.15, 0.2) is 0 Å². The minimum absolute atomic E-state index is 0. The van der Waals surface area contributed by atoms with Crippen LogP contribution >= 0.6 is 12.4 Å². The van der Waals surface area contributed by atoms with Crippen LogP contribution in [0.1, 0.15) is 63.2 Å². The number of anilines is 1. The maximum atomic E-state index is 12.6. The molecule has 6 heteroatoms. The van der Waals surface area contributed by atoms with Gasteiger partial charge in [0.05, 0.1) is 0 Å². The van der Waals surface area contributed by atoms with Gasteiger partial charge in [-0.05, 0) is 74.9 Å². The molecule has 1 heterocycles. The monoisotopic (exact) mass is 409 g/mol. The van der Waals surface area contributed by atoms with Gasteiger partial charge in [-0.25, -0.2) is 0 Å². The summed E-state index contributed by atoms with van der Waals surface area (Å²) in [6.45, 7) is 10.0. The van der Waals surface area contributed by atoms with Crippen molar-refractivity contribution in [3.63, 3.8) is 0 Å². The van der Waals surface area contributed by atoms with E-state index in [1.165, 1.54) is 0 Å². The van der Waals surface area contributed by atoms with Gasteiger partial charge in [0.25, 0.3) is 5.91 Å². The first-order chi connectivity index (χ1) is 13.0. The second-order valence-electron chi connectivity index (χ2n) is 7.69. The highest BCUT2D eigenvalue weighted by molar-refractivity contribution is 5.95. The lowest BCUT2D eigenvalue weighted by Crippen LogP contribution is -2.32. The summed E-state index contributed by atoms with van der Waals surface area (Å²) in [5, 5.41) is 6.35. The topological polar surface area (TPSA) is 61.4 Å². The molecule has 2 amide bonds. The zero-order chi connectivity index (χ0) is 19.6. The summed E-state index contributed by atoms with van der Waals surface area (Å²) in [6.07, 6.45) is 4.75.